The van der Waals surface area contributed by atoms with Crippen molar-refractivity contribution in [1.82, 2.24) is 9.88 Å². The molecule has 1 saturated carbocycles. The summed E-state index contributed by atoms with van der Waals surface area (Å²) >= 11 is 5.96. The van der Waals surface area contributed by atoms with Crippen molar-refractivity contribution in [3.05, 3.63) is 29.0 Å². The fraction of sp³-hybridized carbons (Fsp3) is 0.462. The van der Waals surface area contributed by atoms with Crippen LogP contribution in [-0.2, 0) is 4.79 Å². The van der Waals surface area contributed by atoms with Crippen molar-refractivity contribution >= 4 is 23.5 Å². The predicted octanol–water partition coefficient (Wildman–Crippen LogP) is 2.06. The van der Waals surface area contributed by atoms with Gasteiger partial charge in [-0.1, -0.05) is 18.5 Å². The van der Waals surface area contributed by atoms with Gasteiger partial charge in [-0.05, 0) is 18.9 Å². The summed E-state index contributed by atoms with van der Waals surface area (Å²) in [5, 5.41) is 9.26. The molecule has 1 aromatic rings. The van der Waals surface area contributed by atoms with Crippen molar-refractivity contribution in [1.29, 1.82) is 0 Å². The summed E-state index contributed by atoms with van der Waals surface area (Å²) in [6.07, 6.45) is 4.76. The summed E-state index contributed by atoms with van der Waals surface area (Å²) < 4.78 is 0. The summed E-state index contributed by atoms with van der Waals surface area (Å²) in [7, 11) is 0. The lowest BCUT2D eigenvalue weighted by Crippen LogP contribution is -2.38. The average molecular weight is 283 g/mol. The minimum atomic E-state index is -0.903. The molecule has 0 saturated heterocycles. The number of aliphatic carboxylic acids is 1. The number of carbonyl (C=O) groups excluding carboxylic acids is 1. The van der Waals surface area contributed by atoms with E-state index < -0.39 is 11.9 Å². The van der Waals surface area contributed by atoms with E-state index in [0.717, 1.165) is 12.8 Å². The van der Waals surface area contributed by atoms with Gasteiger partial charge in [0.15, 0.2) is 0 Å². The van der Waals surface area contributed by atoms with Gasteiger partial charge in [-0.15, -0.1) is 0 Å². The lowest BCUT2D eigenvalue weighted by Gasteiger charge is -2.24. The average Bonchev–Trinajstić information content (AvgIpc) is 3.19. The molecule has 1 atom stereocenters. The Kier molecular flexibility index (Phi) is 4.04. The number of pyridine rings is 1. The first kappa shape index (κ1) is 13.8. The van der Waals surface area contributed by atoms with Crippen molar-refractivity contribution in [2.75, 3.05) is 6.54 Å². The zero-order valence-corrected chi connectivity index (χ0v) is 11.3. The number of carbonyl (C=O) groups is 2. The number of hydrogen-bond acceptors (Lipinski definition) is 3. The molecule has 1 amide bonds. The maximum atomic E-state index is 12.4. The second-order valence-electron chi connectivity index (χ2n) is 4.78. The predicted molar refractivity (Wildman–Crippen MR) is 70.1 cm³/mol. The molecule has 1 aromatic heterocycles. The summed E-state index contributed by atoms with van der Waals surface area (Å²) in [6.45, 7) is 1.80. The van der Waals surface area contributed by atoms with Crippen molar-refractivity contribution in [2.45, 2.75) is 25.8 Å². The molecule has 19 heavy (non-hydrogen) atoms. The van der Waals surface area contributed by atoms with Gasteiger partial charge < -0.3 is 10.0 Å². The Morgan fingerprint density at radius 3 is 2.79 bits per heavy atom. The number of aromatic nitrogens is 1. The first-order chi connectivity index (χ1) is 9.00. The Morgan fingerprint density at radius 1 is 1.58 bits per heavy atom. The third kappa shape index (κ3) is 3.23. The zero-order valence-electron chi connectivity index (χ0n) is 10.5. The van der Waals surface area contributed by atoms with E-state index in [1.54, 1.807) is 17.9 Å². The van der Waals surface area contributed by atoms with Crippen molar-refractivity contribution in [3.8, 4) is 0 Å². The van der Waals surface area contributed by atoms with E-state index >= 15 is 0 Å². The number of amides is 1. The summed E-state index contributed by atoms with van der Waals surface area (Å²) in [5.41, 5.74) is 0.376. The molecule has 0 radical (unpaired) electrons. The summed E-state index contributed by atoms with van der Waals surface area (Å²) in [5.74, 6) is -1.72. The van der Waals surface area contributed by atoms with Gasteiger partial charge >= 0.3 is 5.97 Å². The van der Waals surface area contributed by atoms with Crippen LogP contribution >= 0.6 is 11.6 Å². The Morgan fingerprint density at radius 2 is 2.26 bits per heavy atom. The lowest BCUT2D eigenvalue weighted by molar-refractivity contribution is -0.141. The van der Waals surface area contributed by atoms with Gasteiger partial charge in [0.2, 0.25) is 0 Å². The van der Waals surface area contributed by atoms with Gasteiger partial charge in [0.1, 0.15) is 0 Å². The molecule has 2 rings (SSSR count). The first-order valence-electron chi connectivity index (χ1n) is 6.14. The van der Waals surface area contributed by atoms with E-state index in [1.165, 1.54) is 12.4 Å². The molecule has 102 valence electrons. The molecular formula is C13H15ClN2O3. The van der Waals surface area contributed by atoms with Crippen molar-refractivity contribution in [2.24, 2.45) is 5.92 Å². The molecule has 0 aliphatic heterocycles. The Hall–Kier alpha value is -1.62. The van der Waals surface area contributed by atoms with Crippen LogP contribution < -0.4 is 0 Å². The van der Waals surface area contributed by atoms with E-state index in [-0.39, 0.29) is 18.5 Å². The number of carboxylic acid groups (broad SMARTS) is 1. The summed E-state index contributed by atoms with van der Waals surface area (Å²) in [4.78, 5) is 28.8. The number of hydrogen-bond donors (Lipinski definition) is 1. The number of carboxylic acids is 1. The lowest BCUT2D eigenvalue weighted by atomic mass is 10.1. The Bertz CT molecular complexity index is 502. The monoisotopic (exact) mass is 282 g/mol. The van der Waals surface area contributed by atoms with Crippen LogP contribution in [-0.4, -0.2) is 39.5 Å². The third-order valence-corrected chi connectivity index (χ3v) is 3.44. The molecule has 1 aliphatic rings. The smallest absolute Gasteiger partial charge is 0.308 e. The molecule has 0 spiro atoms. The quantitative estimate of drug-likeness (QED) is 0.897. The van der Waals surface area contributed by atoms with Crippen LogP contribution in [0.15, 0.2) is 18.5 Å². The summed E-state index contributed by atoms with van der Waals surface area (Å²) in [6, 6.07) is 1.70. The van der Waals surface area contributed by atoms with Gasteiger partial charge in [0.25, 0.3) is 5.91 Å². The highest BCUT2D eigenvalue weighted by molar-refractivity contribution is 6.33. The Balaban J connectivity index is 2.18. The van der Waals surface area contributed by atoms with E-state index in [4.69, 9.17) is 16.7 Å². The van der Waals surface area contributed by atoms with Crippen LogP contribution in [0.2, 0.25) is 5.02 Å². The van der Waals surface area contributed by atoms with Gasteiger partial charge in [-0.2, -0.15) is 0 Å². The minimum Gasteiger partial charge on any atom is -0.481 e. The molecule has 0 aromatic carbocycles. The molecular weight excluding hydrogens is 268 g/mol. The standard InChI is InChI=1S/C13H15ClN2O3/c1-8(13(18)19)7-16(9-2-3-9)12(17)10-4-5-15-6-11(10)14/h4-6,8-9H,2-3,7H2,1H3,(H,18,19). The van der Waals surface area contributed by atoms with Crippen molar-refractivity contribution < 1.29 is 14.7 Å². The van der Waals surface area contributed by atoms with Crippen molar-refractivity contribution in [3.63, 3.8) is 0 Å². The zero-order chi connectivity index (χ0) is 14.0. The molecule has 1 N–H and O–H groups in total. The maximum Gasteiger partial charge on any atom is 0.308 e. The van der Waals surface area contributed by atoms with Gasteiger partial charge in [-0.25, -0.2) is 0 Å². The number of nitrogens with zero attached hydrogens (tertiary/aromatic N) is 2. The first-order valence-corrected chi connectivity index (χ1v) is 6.51. The van der Waals surface area contributed by atoms with E-state index in [1.807, 2.05) is 0 Å². The molecule has 5 nitrogen and oxygen atoms in total. The Labute approximate surface area is 116 Å². The SMILES string of the molecule is CC(CN(C(=O)c1ccncc1Cl)C1CC1)C(=O)O. The van der Waals surface area contributed by atoms with Gasteiger partial charge in [0.05, 0.1) is 16.5 Å². The fourth-order valence-corrected chi connectivity index (χ4v) is 2.06. The third-order valence-electron chi connectivity index (χ3n) is 3.14. The van der Waals surface area contributed by atoms with Crippen LogP contribution in [0, 0.1) is 5.92 Å². The normalized spacial score (nSPS) is 15.9. The van der Waals surface area contributed by atoms with Gasteiger partial charge in [0, 0.05) is 25.0 Å². The van der Waals surface area contributed by atoms with Crippen LogP contribution in [0.5, 0.6) is 0 Å². The van der Waals surface area contributed by atoms with E-state index in [9.17, 15) is 9.59 Å². The topological polar surface area (TPSA) is 70.5 Å². The molecule has 1 heterocycles. The second kappa shape index (κ2) is 5.57. The fourth-order valence-electron chi connectivity index (χ4n) is 1.86. The van der Waals surface area contributed by atoms with Crippen LogP contribution in [0.1, 0.15) is 30.1 Å². The highest BCUT2D eigenvalue weighted by Crippen LogP contribution is 2.30. The van der Waals surface area contributed by atoms with E-state index in [0.29, 0.717) is 10.6 Å². The molecule has 1 aliphatic carbocycles. The van der Waals surface area contributed by atoms with Crippen LogP contribution in [0.4, 0.5) is 0 Å². The largest absolute Gasteiger partial charge is 0.481 e. The maximum absolute atomic E-state index is 12.4. The van der Waals surface area contributed by atoms with E-state index in [2.05, 4.69) is 4.98 Å². The van der Waals surface area contributed by atoms with Crippen LogP contribution in [0.25, 0.3) is 0 Å². The minimum absolute atomic E-state index is 0.138. The van der Waals surface area contributed by atoms with Crippen LogP contribution in [0.3, 0.4) is 0 Å². The van der Waals surface area contributed by atoms with Gasteiger partial charge in [-0.3, -0.25) is 14.6 Å². The number of rotatable bonds is 5. The molecule has 6 heteroatoms. The second-order valence-corrected chi connectivity index (χ2v) is 5.19. The molecule has 1 fully saturated rings. The molecule has 1 unspecified atom stereocenters. The highest BCUT2D eigenvalue weighted by atomic mass is 35.5. The number of halogens is 1. The molecule has 0 bridgehead atoms. The highest BCUT2D eigenvalue weighted by Gasteiger charge is 2.35.